The van der Waals surface area contributed by atoms with E-state index in [-0.39, 0.29) is 3.43 Å². The molecule has 0 bridgehead atoms. The van der Waals surface area contributed by atoms with Gasteiger partial charge in [-0.05, 0) is 0 Å². The van der Waals surface area contributed by atoms with Gasteiger partial charge in [0.25, 0.3) is 0 Å². The standard InChI is InChI=1S/C21H24NO2.2CH3.Sn.H/c1-2-18(16-17-6-4-3-5-7-17)21(23)19-8-10-20(11-9-19)22-12-14-24-15-13-22;;;;/h3-11H,2,12-16H2,1H3;2*1H3;;. The van der Waals surface area contributed by atoms with Gasteiger partial charge >= 0.3 is 171 Å². The van der Waals surface area contributed by atoms with Gasteiger partial charge in [-0.1, -0.05) is 0 Å². The van der Waals surface area contributed by atoms with Crippen LogP contribution in [0.1, 0.15) is 29.3 Å². The SMILES string of the molecule is CC[C](Cc1ccccc1)(C(=O)c1ccc(N2CCOCC2)cc1)[SnH]([CH3])[CH3]. The molecule has 27 heavy (non-hydrogen) atoms. The fraction of sp³-hybridized carbons (Fsp3) is 0.435. The average molecular weight is 472 g/mol. The zero-order chi connectivity index (χ0) is 19.3. The second-order valence-electron chi connectivity index (χ2n) is 7.80. The van der Waals surface area contributed by atoms with Crippen LogP contribution in [-0.4, -0.2) is 51.8 Å². The summed E-state index contributed by atoms with van der Waals surface area (Å²) in [5.41, 5.74) is 3.34. The van der Waals surface area contributed by atoms with Crippen LogP contribution in [0.2, 0.25) is 13.3 Å². The molecular formula is C23H31NO2Sn. The molecule has 144 valence electrons. The van der Waals surface area contributed by atoms with Crippen molar-refractivity contribution < 1.29 is 9.53 Å². The van der Waals surface area contributed by atoms with Crippen molar-refractivity contribution in [1.82, 2.24) is 0 Å². The second kappa shape index (κ2) is 9.24. The summed E-state index contributed by atoms with van der Waals surface area (Å²) < 4.78 is 5.27. The quantitative estimate of drug-likeness (QED) is 0.437. The molecule has 4 heteroatoms. The summed E-state index contributed by atoms with van der Waals surface area (Å²) in [5, 5.41) is 0. The number of ketones is 1. The molecule has 0 radical (unpaired) electrons. The first-order valence-corrected chi connectivity index (χ1v) is 18.3. The van der Waals surface area contributed by atoms with Crippen LogP contribution in [0, 0.1) is 0 Å². The third kappa shape index (κ3) is 4.57. The summed E-state index contributed by atoms with van der Waals surface area (Å²) in [5.74, 6) is 0.355. The number of hydrogen-bond acceptors (Lipinski definition) is 3. The van der Waals surface area contributed by atoms with Gasteiger partial charge in [-0.2, -0.15) is 0 Å². The molecule has 2 aromatic carbocycles. The summed E-state index contributed by atoms with van der Waals surface area (Å²) >= 11 is -2.01. The molecule has 1 aliphatic heterocycles. The normalized spacial score (nSPS) is 17.0. The van der Waals surface area contributed by atoms with Crippen molar-refractivity contribution in [2.24, 2.45) is 0 Å². The predicted octanol–water partition coefficient (Wildman–Crippen LogP) is 4.59. The molecule has 1 atom stereocenters. The van der Waals surface area contributed by atoms with Crippen LogP contribution in [0.5, 0.6) is 0 Å². The number of rotatable bonds is 7. The third-order valence-electron chi connectivity index (χ3n) is 6.06. The number of carbonyl (C=O) groups excluding carboxylic acids is 1. The van der Waals surface area contributed by atoms with Crippen molar-refractivity contribution in [2.75, 3.05) is 31.2 Å². The number of anilines is 1. The third-order valence-corrected chi connectivity index (χ3v) is 14.9. The van der Waals surface area contributed by atoms with E-state index in [1.165, 1.54) is 11.3 Å². The molecule has 0 N–H and O–H groups in total. The number of Topliss-reactive ketones (excluding diaryl/α,β-unsaturated/α-hetero) is 1. The Morgan fingerprint density at radius 2 is 1.67 bits per heavy atom. The van der Waals surface area contributed by atoms with E-state index in [0.717, 1.165) is 44.7 Å². The molecule has 2 aromatic rings. The summed E-state index contributed by atoms with van der Waals surface area (Å²) in [7, 11) is 0. The van der Waals surface area contributed by atoms with Crippen molar-refractivity contribution in [3.05, 3.63) is 65.7 Å². The number of benzene rings is 2. The molecule has 1 heterocycles. The van der Waals surface area contributed by atoms with E-state index in [4.69, 9.17) is 4.74 Å². The molecule has 3 nitrogen and oxygen atoms in total. The molecule has 0 amide bonds. The van der Waals surface area contributed by atoms with Gasteiger partial charge < -0.3 is 0 Å². The zero-order valence-electron chi connectivity index (χ0n) is 16.8. The number of ether oxygens (including phenoxy) is 1. The number of hydrogen-bond donors (Lipinski definition) is 0. The maximum absolute atomic E-state index is 13.7. The van der Waals surface area contributed by atoms with Crippen molar-refractivity contribution in [1.29, 1.82) is 0 Å². The molecule has 1 saturated heterocycles. The summed E-state index contributed by atoms with van der Waals surface area (Å²) in [6, 6.07) is 18.8. The Labute approximate surface area is 170 Å². The molecular weight excluding hydrogens is 441 g/mol. The topological polar surface area (TPSA) is 29.5 Å². The van der Waals surface area contributed by atoms with Crippen molar-refractivity contribution in [2.45, 2.75) is 33.1 Å². The molecule has 0 saturated carbocycles. The van der Waals surface area contributed by atoms with E-state index in [2.05, 4.69) is 58.1 Å². The van der Waals surface area contributed by atoms with Crippen LogP contribution < -0.4 is 4.90 Å². The van der Waals surface area contributed by atoms with Crippen molar-refractivity contribution in [3.63, 3.8) is 0 Å². The summed E-state index contributed by atoms with van der Waals surface area (Å²) in [4.78, 5) is 20.7. The Hall–Kier alpha value is -1.33. The number of morpholine rings is 1. The molecule has 1 fully saturated rings. The molecule has 0 spiro atoms. The fourth-order valence-corrected chi connectivity index (χ4v) is 10.3. The first-order chi connectivity index (χ1) is 13.1. The molecule has 0 aromatic heterocycles. The Balaban J connectivity index is 1.85. The zero-order valence-corrected chi connectivity index (χ0v) is 20.1. The number of nitrogens with zero attached hydrogens (tertiary/aromatic N) is 1. The maximum atomic E-state index is 13.7. The summed E-state index contributed by atoms with van der Waals surface area (Å²) in [6.45, 7) is 5.59. The molecule has 0 aliphatic carbocycles. The minimum absolute atomic E-state index is 0.163. The van der Waals surface area contributed by atoms with Gasteiger partial charge in [-0.15, -0.1) is 0 Å². The van der Waals surface area contributed by atoms with Gasteiger partial charge in [-0.25, -0.2) is 0 Å². The first-order valence-electron chi connectivity index (χ1n) is 10.1. The van der Waals surface area contributed by atoms with E-state index in [9.17, 15) is 4.79 Å². The Kier molecular flexibility index (Phi) is 6.98. The van der Waals surface area contributed by atoms with E-state index in [0.29, 0.717) is 5.78 Å². The van der Waals surface area contributed by atoms with Gasteiger partial charge in [0.1, 0.15) is 0 Å². The van der Waals surface area contributed by atoms with E-state index in [1.54, 1.807) is 0 Å². The van der Waals surface area contributed by atoms with Gasteiger partial charge in [-0.3, -0.25) is 0 Å². The number of carbonyl (C=O) groups is 1. The van der Waals surface area contributed by atoms with E-state index < -0.39 is 19.8 Å². The molecule has 1 unspecified atom stereocenters. The van der Waals surface area contributed by atoms with E-state index >= 15 is 0 Å². The average Bonchev–Trinajstić information content (AvgIpc) is 2.73. The van der Waals surface area contributed by atoms with Crippen LogP contribution >= 0.6 is 0 Å². The van der Waals surface area contributed by atoms with Gasteiger partial charge in [0, 0.05) is 0 Å². The Morgan fingerprint density at radius 3 is 2.22 bits per heavy atom. The fourth-order valence-electron chi connectivity index (χ4n) is 4.13. The van der Waals surface area contributed by atoms with Gasteiger partial charge in [0.15, 0.2) is 0 Å². The van der Waals surface area contributed by atoms with E-state index in [1.807, 2.05) is 18.2 Å². The van der Waals surface area contributed by atoms with Crippen LogP contribution in [0.15, 0.2) is 54.6 Å². The van der Waals surface area contributed by atoms with Gasteiger partial charge in [0.05, 0.1) is 0 Å². The predicted molar refractivity (Wildman–Crippen MR) is 116 cm³/mol. The van der Waals surface area contributed by atoms with Crippen LogP contribution in [-0.2, 0) is 11.2 Å². The van der Waals surface area contributed by atoms with Crippen molar-refractivity contribution >= 4 is 31.2 Å². The molecule has 1 aliphatic rings. The van der Waals surface area contributed by atoms with Crippen molar-refractivity contribution in [3.8, 4) is 0 Å². The Bertz CT molecular complexity index is 739. The minimum atomic E-state index is -2.01. The monoisotopic (exact) mass is 473 g/mol. The first kappa shape index (κ1) is 20.4. The Morgan fingerprint density at radius 1 is 1.04 bits per heavy atom. The van der Waals surface area contributed by atoms with Crippen LogP contribution in [0.4, 0.5) is 5.69 Å². The second-order valence-corrected chi connectivity index (χ2v) is 17.5. The van der Waals surface area contributed by atoms with Crippen LogP contribution in [0.25, 0.3) is 0 Å². The van der Waals surface area contributed by atoms with Crippen LogP contribution in [0.3, 0.4) is 0 Å². The van der Waals surface area contributed by atoms with Gasteiger partial charge in [0.2, 0.25) is 0 Å². The summed E-state index contributed by atoms with van der Waals surface area (Å²) in [6.07, 6.45) is 1.81. The molecule has 3 rings (SSSR count).